The first-order chi connectivity index (χ1) is 9.72. The summed E-state index contributed by atoms with van der Waals surface area (Å²) in [6.07, 6.45) is 0. The van der Waals surface area contributed by atoms with Crippen LogP contribution in [0.2, 0.25) is 0 Å². The highest BCUT2D eigenvalue weighted by Crippen LogP contribution is 2.40. The Morgan fingerprint density at radius 1 is 0.810 bits per heavy atom. The number of hydrogen-bond donors (Lipinski definition) is 1. The fourth-order valence-electron chi connectivity index (χ4n) is 1.43. The van der Waals surface area contributed by atoms with Crippen molar-refractivity contribution in [2.24, 2.45) is 0 Å². The number of aromatic carboxylic acids is 1. The molecule has 0 spiro atoms. The minimum Gasteiger partial charge on any atom is -0.478 e. The number of carboxylic acid groups (broad SMARTS) is 1. The Balaban J connectivity index is 3.54. The number of esters is 3. The van der Waals surface area contributed by atoms with Crippen LogP contribution >= 0.6 is 0 Å². The molecule has 0 bridgehead atoms. The van der Waals surface area contributed by atoms with Crippen LogP contribution in [-0.4, -0.2) is 29.0 Å². The number of carbonyl (C=O) groups is 4. The van der Waals surface area contributed by atoms with Crippen LogP contribution in [0.15, 0.2) is 12.1 Å². The average molecular weight is 296 g/mol. The van der Waals surface area contributed by atoms with Crippen molar-refractivity contribution >= 4 is 23.9 Å². The van der Waals surface area contributed by atoms with Crippen molar-refractivity contribution in [3.05, 3.63) is 17.7 Å². The van der Waals surface area contributed by atoms with Crippen LogP contribution in [0, 0.1) is 0 Å². The van der Waals surface area contributed by atoms with Gasteiger partial charge in [0.1, 0.15) is 5.56 Å². The van der Waals surface area contributed by atoms with Crippen LogP contribution in [0.3, 0.4) is 0 Å². The van der Waals surface area contributed by atoms with Crippen LogP contribution in [0.5, 0.6) is 17.2 Å². The van der Waals surface area contributed by atoms with Crippen LogP contribution in [0.1, 0.15) is 31.1 Å². The van der Waals surface area contributed by atoms with Gasteiger partial charge in [-0.3, -0.25) is 14.4 Å². The first-order valence-corrected chi connectivity index (χ1v) is 5.68. The second kappa shape index (κ2) is 6.51. The summed E-state index contributed by atoms with van der Waals surface area (Å²) in [6, 6.07) is 2.18. The Morgan fingerprint density at radius 3 is 1.71 bits per heavy atom. The first-order valence-electron chi connectivity index (χ1n) is 5.68. The molecular weight excluding hydrogens is 284 g/mol. The van der Waals surface area contributed by atoms with Gasteiger partial charge in [-0.1, -0.05) is 0 Å². The van der Waals surface area contributed by atoms with E-state index in [1.54, 1.807) is 0 Å². The summed E-state index contributed by atoms with van der Waals surface area (Å²) in [4.78, 5) is 44.4. The monoisotopic (exact) mass is 296 g/mol. The molecule has 0 aliphatic heterocycles. The summed E-state index contributed by atoms with van der Waals surface area (Å²) in [5, 5.41) is 9.07. The Bertz CT molecular complexity index is 617. The summed E-state index contributed by atoms with van der Waals surface area (Å²) in [6.45, 7) is 3.21. The van der Waals surface area contributed by atoms with E-state index in [9.17, 15) is 19.2 Å². The van der Waals surface area contributed by atoms with E-state index in [-0.39, 0.29) is 5.75 Å². The second-order valence-electron chi connectivity index (χ2n) is 3.86. The lowest BCUT2D eigenvalue weighted by atomic mass is 10.1. The maximum atomic E-state index is 11.1. The Kier molecular flexibility index (Phi) is 5.01. The van der Waals surface area contributed by atoms with E-state index in [2.05, 4.69) is 0 Å². The fraction of sp³-hybridized carbons (Fsp3) is 0.231. The standard InChI is InChI=1S/C13H12O8/c1-6(14)19-10-5-4-9(13(17)18)11(20-7(2)15)12(10)21-8(3)16/h4-5H,1-3H3,(H,17,18). The van der Waals surface area contributed by atoms with Crippen molar-refractivity contribution in [3.63, 3.8) is 0 Å². The van der Waals surface area contributed by atoms with Gasteiger partial charge in [0.2, 0.25) is 5.75 Å². The number of benzene rings is 1. The lowest BCUT2D eigenvalue weighted by Gasteiger charge is -2.14. The van der Waals surface area contributed by atoms with E-state index in [4.69, 9.17) is 19.3 Å². The zero-order chi connectivity index (χ0) is 16.2. The molecule has 1 N–H and O–H groups in total. The lowest BCUT2D eigenvalue weighted by molar-refractivity contribution is -0.135. The molecule has 0 atom stereocenters. The van der Waals surface area contributed by atoms with Gasteiger partial charge in [-0.15, -0.1) is 0 Å². The van der Waals surface area contributed by atoms with E-state index in [1.165, 1.54) is 0 Å². The molecule has 0 saturated carbocycles. The average Bonchev–Trinajstić information content (AvgIpc) is 2.31. The van der Waals surface area contributed by atoms with Gasteiger partial charge in [-0.2, -0.15) is 0 Å². The van der Waals surface area contributed by atoms with E-state index >= 15 is 0 Å². The van der Waals surface area contributed by atoms with Gasteiger partial charge >= 0.3 is 23.9 Å². The molecule has 8 heteroatoms. The minimum absolute atomic E-state index is 0.237. The SMILES string of the molecule is CC(=O)Oc1ccc(C(=O)O)c(OC(C)=O)c1OC(C)=O. The highest BCUT2D eigenvalue weighted by Gasteiger charge is 2.25. The Morgan fingerprint density at radius 2 is 1.29 bits per heavy atom. The topological polar surface area (TPSA) is 116 Å². The zero-order valence-corrected chi connectivity index (χ0v) is 11.5. The summed E-state index contributed by atoms with van der Waals surface area (Å²) < 4.78 is 14.4. The molecule has 21 heavy (non-hydrogen) atoms. The second-order valence-corrected chi connectivity index (χ2v) is 3.86. The van der Waals surface area contributed by atoms with E-state index in [0.717, 1.165) is 32.9 Å². The van der Waals surface area contributed by atoms with Crippen molar-refractivity contribution in [3.8, 4) is 17.2 Å². The van der Waals surface area contributed by atoms with Crippen molar-refractivity contribution in [2.45, 2.75) is 20.8 Å². The minimum atomic E-state index is -1.41. The lowest BCUT2D eigenvalue weighted by Crippen LogP contribution is -2.13. The summed E-state index contributed by atoms with van der Waals surface area (Å²) in [5.41, 5.74) is -0.419. The van der Waals surface area contributed by atoms with E-state index in [0.29, 0.717) is 0 Å². The number of carbonyl (C=O) groups excluding carboxylic acids is 3. The molecule has 0 radical (unpaired) electrons. The molecule has 1 aromatic rings. The molecule has 0 fully saturated rings. The van der Waals surface area contributed by atoms with Gasteiger partial charge in [0.15, 0.2) is 11.5 Å². The molecule has 0 saturated heterocycles. The van der Waals surface area contributed by atoms with Crippen LogP contribution in [0.4, 0.5) is 0 Å². The van der Waals surface area contributed by atoms with Crippen LogP contribution in [0.25, 0.3) is 0 Å². The van der Waals surface area contributed by atoms with Gasteiger partial charge in [0.25, 0.3) is 0 Å². The third-order valence-corrected chi connectivity index (χ3v) is 2.05. The van der Waals surface area contributed by atoms with Crippen molar-refractivity contribution in [2.75, 3.05) is 0 Å². The van der Waals surface area contributed by atoms with Gasteiger partial charge in [0, 0.05) is 20.8 Å². The van der Waals surface area contributed by atoms with Crippen LogP contribution in [-0.2, 0) is 14.4 Å². The van der Waals surface area contributed by atoms with Gasteiger partial charge < -0.3 is 19.3 Å². The molecule has 0 aromatic heterocycles. The Labute approximate surface area is 119 Å². The molecule has 0 aliphatic rings. The molecule has 1 rings (SSSR count). The first kappa shape index (κ1) is 16.2. The molecule has 112 valence electrons. The summed E-state index contributed by atoms with van der Waals surface area (Å²) in [7, 11) is 0. The zero-order valence-electron chi connectivity index (χ0n) is 11.5. The molecular formula is C13H12O8. The number of carboxylic acids is 1. The van der Waals surface area contributed by atoms with Gasteiger partial charge in [0.05, 0.1) is 0 Å². The van der Waals surface area contributed by atoms with Crippen molar-refractivity contribution in [1.82, 2.24) is 0 Å². The normalized spacial score (nSPS) is 9.67. The van der Waals surface area contributed by atoms with E-state index < -0.39 is 40.9 Å². The highest BCUT2D eigenvalue weighted by molar-refractivity contribution is 5.94. The highest BCUT2D eigenvalue weighted by atomic mass is 16.6. The largest absolute Gasteiger partial charge is 0.478 e. The Hall–Kier alpha value is -2.90. The number of hydrogen-bond acceptors (Lipinski definition) is 7. The molecule has 1 aromatic carbocycles. The maximum Gasteiger partial charge on any atom is 0.339 e. The molecule has 0 aliphatic carbocycles. The predicted octanol–water partition coefficient (Wildman–Crippen LogP) is 1.16. The smallest absolute Gasteiger partial charge is 0.339 e. The van der Waals surface area contributed by atoms with Crippen molar-refractivity contribution in [1.29, 1.82) is 0 Å². The quantitative estimate of drug-likeness (QED) is 0.650. The summed E-state index contributed by atoms with van der Waals surface area (Å²) >= 11 is 0. The number of rotatable bonds is 4. The molecule has 0 unspecified atom stereocenters. The van der Waals surface area contributed by atoms with Crippen LogP contribution < -0.4 is 14.2 Å². The third-order valence-electron chi connectivity index (χ3n) is 2.05. The maximum absolute atomic E-state index is 11.1. The fourth-order valence-corrected chi connectivity index (χ4v) is 1.43. The summed E-state index contributed by atoms with van der Waals surface area (Å²) in [5.74, 6) is -4.96. The van der Waals surface area contributed by atoms with Gasteiger partial charge in [-0.05, 0) is 12.1 Å². The number of ether oxygens (including phenoxy) is 3. The molecule has 0 heterocycles. The van der Waals surface area contributed by atoms with Crippen molar-refractivity contribution < 1.29 is 38.5 Å². The molecule has 0 amide bonds. The van der Waals surface area contributed by atoms with Gasteiger partial charge in [-0.25, -0.2) is 4.79 Å². The molecule has 8 nitrogen and oxygen atoms in total. The third kappa shape index (κ3) is 4.30. The predicted molar refractivity (Wildman–Crippen MR) is 67.3 cm³/mol. The van der Waals surface area contributed by atoms with E-state index in [1.807, 2.05) is 0 Å².